The molecule has 6 heteroatoms. The molecule has 1 N–H and O–H groups in total. The molecule has 0 bridgehead atoms. The van der Waals surface area contributed by atoms with Gasteiger partial charge in [-0.25, -0.2) is 13.1 Å². The summed E-state index contributed by atoms with van der Waals surface area (Å²) >= 11 is 3.30. The van der Waals surface area contributed by atoms with Crippen molar-refractivity contribution in [2.24, 2.45) is 0 Å². The van der Waals surface area contributed by atoms with E-state index in [9.17, 15) is 8.42 Å². The van der Waals surface area contributed by atoms with Gasteiger partial charge in [-0.1, -0.05) is 40.2 Å². The van der Waals surface area contributed by atoms with Gasteiger partial charge in [0.1, 0.15) is 5.75 Å². The summed E-state index contributed by atoms with van der Waals surface area (Å²) in [7, 11) is -1.92. The molecule has 0 unspecified atom stereocenters. The monoisotopic (exact) mass is 383 g/mol. The third kappa shape index (κ3) is 4.09. The van der Waals surface area contributed by atoms with Crippen LogP contribution in [0.1, 0.15) is 11.1 Å². The van der Waals surface area contributed by atoms with E-state index in [4.69, 9.17) is 4.74 Å². The molecular weight excluding hydrogens is 366 g/mol. The highest BCUT2D eigenvalue weighted by molar-refractivity contribution is 9.10. The molecule has 0 spiro atoms. The fourth-order valence-electron chi connectivity index (χ4n) is 2.17. The van der Waals surface area contributed by atoms with Gasteiger partial charge in [-0.2, -0.15) is 0 Å². The van der Waals surface area contributed by atoms with Crippen LogP contribution in [-0.2, 0) is 16.4 Å². The number of rotatable bonds is 6. The van der Waals surface area contributed by atoms with Crippen LogP contribution < -0.4 is 9.46 Å². The summed E-state index contributed by atoms with van der Waals surface area (Å²) < 4.78 is 33.4. The van der Waals surface area contributed by atoms with Crippen molar-refractivity contribution in [3.05, 3.63) is 58.1 Å². The molecule has 0 heterocycles. The number of nitrogens with one attached hydrogen (secondary N) is 1. The van der Waals surface area contributed by atoms with Crippen LogP contribution in [0.5, 0.6) is 5.75 Å². The maximum Gasteiger partial charge on any atom is 0.240 e. The van der Waals surface area contributed by atoms with Gasteiger partial charge in [0.2, 0.25) is 10.0 Å². The number of hydrogen-bond acceptors (Lipinski definition) is 3. The second-order valence-corrected chi connectivity index (χ2v) is 7.52. The predicted molar refractivity (Wildman–Crippen MR) is 90.8 cm³/mol. The van der Waals surface area contributed by atoms with E-state index in [1.54, 1.807) is 26.2 Å². The molecule has 0 aliphatic heterocycles. The minimum absolute atomic E-state index is 0.293. The standard InChI is InChI=1S/C16H18BrNO3S/c1-12-7-8-14(17)11-16(12)22(19,20)18-10-9-13-5-3-4-6-15(13)21-2/h3-8,11,18H,9-10H2,1-2H3. The first-order valence-electron chi connectivity index (χ1n) is 6.82. The number of para-hydroxylation sites is 1. The van der Waals surface area contributed by atoms with E-state index in [0.29, 0.717) is 23.4 Å². The Morgan fingerprint density at radius 2 is 1.91 bits per heavy atom. The third-order valence-corrected chi connectivity index (χ3v) is 5.41. The average molecular weight is 384 g/mol. The molecule has 0 aromatic heterocycles. The van der Waals surface area contributed by atoms with Gasteiger partial charge in [0.25, 0.3) is 0 Å². The van der Waals surface area contributed by atoms with Gasteiger partial charge in [-0.3, -0.25) is 0 Å². The maximum atomic E-state index is 12.4. The summed E-state index contributed by atoms with van der Waals surface area (Å²) in [6.07, 6.45) is 0.566. The molecule has 118 valence electrons. The van der Waals surface area contributed by atoms with Crippen molar-refractivity contribution in [1.29, 1.82) is 0 Å². The van der Waals surface area contributed by atoms with Crippen molar-refractivity contribution < 1.29 is 13.2 Å². The van der Waals surface area contributed by atoms with E-state index in [1.807, 2.05) is 30.3 Å². The first kappa shape index (κ1) is 17.0. The van der Waals surface area contributed by atoms with Gasteiger partial charge >= 0.3 is 0 Å². The number of ether oxygens (including phenoxy) is 1. The molecule has 0 fully saturated rings. The molecule has 0 atom stereocenters. The van der Waals surface area contributed by atoms with Crippen molar-refractivity contribution in [1.82, 2.24) is 4.72 Å². The molecule has 0 aliphatic carbocycles. The Kier molecular flexibility index (Phi) is 5.61. The average Bonchev–Trinajstić information content (AvgIpc) is 2.50. The Balaban J connectivity index is 2.09. The minimum Gasteiger partial charge on any atom is -0.496 e. The zero-order chi connectivity index (χ0) is 16.2. The molecule has 22 heavy (non-hydrogen) atoms. The molecule has 4 nitrogen and oxygen atoms in total. The molecular formula is C16H18BrNO3S. The first-order valence-corrected chi connectivity index (χ1v) is 9.09. The predicted octanol–water partition coefficient (Wildman–Crippen LogP) is 3.29. The van der Waals surface area contributed by atoms with Gasteiger partial charge in [0, 0.05) is 11.0 Å². The highest BCUT2D eigenvalue weighted by Gasteiger charge is 2.16. The highest BCUT2D eigenvalue weighted by Crippen LogP contribution is 2.21. The fraction of sp³-hybridized carbons (Fsp3) is 0.250. The third-order valence-electron chi connectivity index (χ3n) is 3.32. The summed E-state index contributed by atoms with van der Waals surface area (Å²) in [6, 6.07) is 12.8. The van der Waals surface area contributed by atoms with Crippen molar-refractivity contribution >= 4 is 26.0 Å². The van der Waals surface area contributed by atoms with Gasteiger partial charge in [0.15, 0.2) is 0 Å². The number of hydrogen-bond donors (Lipinski definition) is 1. The van der Waals surface area contributed by atoms with Crippen molar-refractivity contribution in [2.75, 3.05) is 13.7 Å². The lowest BCUT2D eigenvalue weighted by Crippen LogP contribution is -2.26. The second kappa shape index (κ2) is 7.26. The van der Waals surface area contributed by atoms with Crippen LogP contribution in [0.25, 0.3) is 0 Å². The van der Waals surface area contributed by atoms with E-state index in [1.165, 1.54) is 0 Å². The minimum atomic E-state index is -3.52. The maximum absolute atomic E-state index is 12.4. The molecule has 2 aromatic rings. The lowest BCUT2D eigenvalue weighted by Gasteiger charge is -2.11. The Hall–Kier alpha value is -1.37. The van der Waals surface area contributed by atoms with Crippen LogP contribution in [0.3, 0.4) is 0 Å². The van der Waals surface area contributed by atoms with E-state index < -0.39 is 10.0 Å². The quantitative estimate of drug-likeness (QED) is 0.832. The van der Waals surface area contributed by atoms with Crippen LogP contribution in [0.15, 0.2) is 51.8 Å². The number of benzene rings is 2. The topological polar surface area (TPSA) is 55.4 Å². The van der Waals surface area contributed by atoms with Crippen LogP contribution >= 0.6 is 15.9 Å². The summed E-state index contributed by atoms with van der Waals surface area (Å²) in [5.74, 6) is 0.764. The van der Waals surface area contributed by atoms with Crippen LogP contribution in [0.2, 0.25) is 0 Å². The largest absolute Gasteiger partial charge is 0.496 e. The van der Waals surface area contributed by atoms with Crippen LogP contribution in [-0.4, -0.2) is 22.1 Å². The normalized spacial score (nSPS) is 11.4. The van der Waals surface area contributed by atoms with Crippen molar-refractivity contribution in [3.8, 4) is 5.75 Å². The smallest absolute Gasteiger partial charge is 0.240 e. The number of aryl methyl sites for hydroxylation is 1. The zero-order valence-corrected chi connectivity index (χ0v) is 14.9. The molecule has 0 amide bonds. The van der Waals surface area contributed by atoms with Crippen LogP contribution in [0, 0.1) is 6.92 Å². The summed E-state index contributed by atoms with van der Waals surface area (Å²) in [4.78, 5) is 0.293. The van der Waals surface area contributed by atoms with Gasteiger partial charge in [-0.15, -0.1) is 0 Å². The van der Waals surface area contributed by atoms with Crippen molar-refractivity contribution in [3.63, 3.8) is 0 Å². The lowest BCUT2D eigenvalue weighted by atomic mass is 10.1. The fourth-order valence-corrected chi connectivity index (χ4v) is 3.98. The summed E-state index contributed by atoms with van der Waals surface area (Å²) in [5, 5.41) is 0. The Morgan fingerprint density at radius 3 is 2.64 bits per heavy atom. The van der Waals surface area contributed by atoms with Gasteiger partial charge < -0.3 is 4.74 Å². The Morgan fingerprint density at radius 1 is 1.18 bits per heavy atom. The second-order valence-electron chi connectivity index (χ2n) is 4.87. The molecule has 0 aliphatic rings. The first-order chi connectivity index (χ1) is 10.4. The number of methoxy groups -OCH3 is 1. The van der Waals surface area contributed by atoms with E-state index in [2.05, 4.69) is 20.7 Å². The number of sulfonamides is 1. The van der Waals surface area contributed by atoms with Gasteiger partial charge in [-0.05, 0) is 42.7 Å². The zero-order valence-electron chi connectivity index (χ0n) is 12.5. The van der Waals surface area contributed by atoms with Crippen molar-refractivity contribution in [2.45, 2.75) is 18.2 Å². The summed E-state index contributed by atoms with van der Waals surface area (Å²) in [6.45, 7) is 2.09. The number of halogens is 1. The highest BCUT2D eigenvalue weighted by atomic mass is 79.9. The molecule has 0 saturated carbocycles. The SMILES string of the molecule is COc1ccccc1CCNS(=O)(=O)c1cc(Br)ccc1C. The Labute approximate surface area is 139 Å². The molecule has 2 rings (SSSR count). The van der Waals surface area contributed by atoms with Crippen LogP contribution in [0.4, 0.5) is 0 Å². The van der Waals surface area contributed by atoms with E-state index in [0.717, 1.165) is 15.8 Å². The van der Waals surface area contributed by atoms with E-state index >= 15 is 0 Å². The lowest BCUT2D eigenvalue weighted by molar-refractivity contribution is 0.409. The van der Waals surface area contributed by atoms with E-state index in [-0.39, 0.29) is 0 Å². The Bertz CT molecular complexity index is 760. The molecule has 2 aromatic carbocycles. The van der Waals surface area contributed by atoms with Gasteiger partial charge in [0.05, 0.1) is 12.0 Å². The summed E-state index contributed by atoms with van der Waals surface area (Å²) in [5.41, 5.74) is 1.69. The molecule has 0 radical (unpaired) electrons. The molecule has 0 saturated heterocycles.